The highest BCUT2D eigenvalue weighted by Crippen LogP contribution is 2.58. The highest BCUT2D eigenvalue weighted by atomic mass is 15.1. The SMILES string of the molecule is c1ccc(-c2ccc(-c3ccc(N(c4ccc5c(c4)C(c4ccccc4)(c4ccccc4)c4ccccc4-5)c4cc(-c5cccc6ccccc56)ccc4-c4cccc5ccccc45)cc3)cc2)cc1. The molecule has 12 aromatic rings. The first-order valence-corrected chi connectivity index (χ1v) is 24.2. The van der Waals surface area contributed by atoms with Gasteiger partial charge in [0.2, 0.25) is 0 Å². The van der Waals surface area contributed by atoms with Crippen molar-refractivity contribution in [2.24, 2.45) is 0 Å². The van der Waals surface area contributed by atoms with Crippen LogP contribution in [0.2, 0.25) is 0 Å². The summed E-state index contributed by atoms with van der Waals surface area (Å²) >= 11 is 0. The largest absolute Gasteiger partial charge is 0.310 e. The van der Waals surface area contributed by atoms with E-state index in [4.69, 9.17) is 0 Å². The summed E-state index contributed by atoms with van der Waals surface area (Å²) in [6, 6.07) is 105. The molecule has 0 unspecified atom stereocenters. The third-order valence-corrected chi connectivity index (χ3v) is 14.6. The third-order valence-electron chi connectivity index (χ3n) is 14.6. The van der Waals surface area contributed by atoms with Crippen molar-refractivity contribution in [3.8, 4) is 55.6 Å². The van der Waals surface area contributed by atoms with E-state index in [1.807, 2.05) is 0 Å². The minimum absolute atomic E-state index is 0.560. The molecule has 0 amide bonds. The number of hydrogen-bond donors (Lipinski definition) is 0. The van der Waals surface area contributed by atoms with Crippen molar-refractivity contribution in [1.29, 1.82) is 0 Å². The van der Waals surface area contributed by atoms with Gasteiger partial charge in [0, 0.05) is 16.9 Å². The summed E-state index contributed by atoms with van der Waals surface area (Å²) in [7, 11) is 0. The summed E-state index contributed by atoms with van der Waals surface area (Å²) in [6.45, 7) is 0. The van der Waals surface area contributed by atoms with Crippen molar-refractivity contribution in [3.05, 3.63) is 307 Å². The lowest BCUT2D eigenvalue weighted by atomic mass is 9.67. The number of benzene rings is 12. The Labute approximate surface area is 409 Å². The lowest BCUT2D eigenvalue weighted by Gasteiger charge is -2.35. The van der Waals surface area contributed by atoms with Gasteiger partial charge in [0.15, 0.2) is 0 Å². The van der Waals surface area contributed by atoms with Gasteiger partial charge in [-0.05, 0) is 124 Å². The van der Waals surface area contributed by atoms with Crippen LogP contribution in [0.3, 0.4) is 0 Å². The number of anilines is 3. The molecule has 0 radical (unpaired) electrons. The first-order valence-electron chi connectivity index (χ1n) is 24.2. The molecule has 0 bridgehead atoms. The standard InChI is InChI=1S/C69H47N/c1-4-18-48(19-5-1)49-34-36-50(37-35-49)51-38-41-57(42-39-51)70(58-43-45-64-63-30-14-15-33-66(63)69(67(64)47-58,55-24-6-2-7-25-55)56-26-8-3-9-27-56)68-46-54(61-31-16-22-52-20-10-12-28-59(52)61)40-44-65(68)62-32-17-23-53-21-11-13-29-60(53)62/h1-47H. The van der Waals surface area contributed by atoms with Crippen LogP contribution in [0.25, 0.3) is 77.2 Å². The molecule has 0 saturated heterocycles. The van der Waals surface area contributed by atoms with Crippen LogP contribution >= 0.6 is 0 Å². The molecule has 1 aliphatic carbocycles. The highest BCUT2D eigenvalue weighted by molar-refractivity contribution is 6.04. The van der Waals surface area contributed by atoms with Gasteiger partial charge in [0.25, 0.3) is 0 Å². The van der Waals surface area contributed by atoms with Crippen LogP contribution < -0.4 is 4.90 Å². The van der Waals surface area contributed by atoms with Crippen LogP contribution in [0.5, 0.6) is 0 Å². The summed E-state index contributed by atoms with van der Waals surface area (Å²) in [5, 5.41) is 4.88. The summed E-state index contributed by atoms with van der Waals surface area (Å²) < 4.78 is 0. The average molecular weight is 890 g/mol. The van der Waals surface area contributed by atoms with Crippen molar-refractivity contribution in [2.45, 2.75) is 5.41 Å². The Morgan fingerprint density at radius 3 is 1.31 bits per heavy atom. The van der Waals surface area contributed by atoms with Crippen molar-refractivity contribution < 1.29 is 0 Å². The van der Waals surface area contributed by atoms with E-state index in [0.29, 0.717) is 0 Å². The molecule has 0 spiro atoms. The molecular weight excluding hydrogens is 843 g/mol. The molecule has 1 heteroatoms. The maximum Gasteiger partial charge on any atom is 0.0714 e. The van der Waals surface area contributed by atoms with Gasteiger partial charge in [-0.3, -0.25) is 0 Å². The van der Waals surface area contributed by atoms with E-state index in [-0.39, 0.29) is 0 Å². The smallest absolute Gasteiger partial charge is 0.0714 e. The highest BCUT2D eigenvalue weighted by Gasteiger charge is 2.46. The quantitative estimate of drug-likeness (QED) is 0.140. The van der Waals surface area contributed by atoms with E-state index < -0.39 is 5.41 Å². The van der Waals surface area contributed by atoms with E-state index in [1.165, 1.54) is 88.3 Å². The Morgan fingerprint density at radius 2 is 0.671 bits per heavy atom. The molecule has 0 atom stereocenters. The number of rotatable bonds is 9. The molecule has 70 heavy (non-hydrogen) atoms. The second kappa shape index (κ2) is 17.2. The zero-order valence-electron chi connectivity index (χ0n) is 38.6. The molecule has 0 aromatic heterocycles. The molecule has 0 aliphatic heterocycles. The predicted octanol–water partition coefficient (Wildman–Crippen LogP) is 18.5. The molecule has 13 rings (SSSR count). The predicted molar refractivity (Wildman–Crippen MR) is 295 cm³/mol. The average Bonchev–Trinajstić information content (AvgIpc) is 3.74. The van der Waals surface area contributed by atoms with Gasteiger partial charge in [-0.15, -0.1) is 0 Å². The summed E-state index contributed by atoms with van der Waals surface area (Å²) in [6.07, 6.45) is 0. The normalized spacial score (nSPS) is 12.4. The Bertz CT molecular complexity index is 3810. The fourth-order valence-electron chi connectivity index (χ4n) is 11.3. The maximum atomic E-state index is 2.51. The van der Waals surface area contributed by atoms with Crippen molar-refractivity contribution in [2.75, 3.05) is 4.90 Å². The monoisotopic (exact) mass is 889 g/mol. The zero-order valence-corrected chi connectivity index (χ0v) is 38.6. The summed E-state index contributed by atoms with van der Waals surface area (Å²) in [5.41, 5.74) is 19.7. The maximum absolute atomic E-state index is 2.51. The number of hydrogen-bond acceptors (Lipinski definition) is 1. The first kappa shape index (κ1) is 41.2. The van der Waals surface area contributed by atoms with E-state index in [1.54, 1.807) is 0 Å². The van der Waals surface area contributed by atoms with Crippen LogP contribution in [0.4, 0.5) is 17.1 Å². The second-order valence-corrected chi connectivity index (χ2v) is 18.4. The molecule has 328 valence electrons. The molecule has 0 saturated carbocycles. The fourth-order valence-corrected chi connectivity index (χ4v) is 11.3. The van der Waals surface area contributed by atoms with E-state index in [2.05, 4.69) is 290 Å². The molecule has 12 aromatic carbocycles. The lowest BCUT2D eigenvalue weighted by molar-refractivity contribution is 0.768. The summed E-state index contributed by atoms with van der Waals surface area (Å²) in [4.78, 5) is 2.51. The molecule has 1 nitrogen and oxygen atoms in total. The Hall–Kier alpha value is -9.04. The van der Waals surface area contributed by atoms with Crippen LogP contribution in [0.15, 0.2) is 285 Å². The number of nitrogens with zero attached hydrogens (tertiary/aromatic N) is 1. The Kier molecular flexibility index (Phi) is 10.1. The minimum atomic E-state index is -0.560. The van der Waals surface area contributed by atoms with Gasteiger partial charge in [0.05, 0.1) is 11.1 Å². The Morgan fingerprint density at radius 1 is 0.243 bits per heavy atom. The molecular formula is C69H47N. The van der Waals surface area contributed by atoms with Crippen LogP contribution in [0, 0.1) is 0 Å². The van der Waals surface area contributed by atoms with Crippen molar-refractivity contribution in [3.63, 3.8) is 0 Å². The third kappa shape index (κ3) is 6.86. The fraction of sp³-hybridized carbons (Fsp3) is 0.0145. The van der Waals surface area contributed by atoms with Gasteiger partial charge in [0.1, 0.15) is 0 Å². The Balaban J connectivity index is 1.07. The molecule has 0 fully saturated rings. The minimum Gasteiger partial charge on any atom is -0.310 e. The molecule has 0 N–H and O–H groups in total. The van der Waals surface area contributed by atoms with Gasteiger partial charge >= 0.3 is 0 Å². The van der Waals surface area contributed by atoms with Crippen molar-refractivity contribution in [1.82, 2.24) is 0 Å². The van der Waals surface area contributed by atoms with Gasteiger partial charge in [-0.2, -0.15) is 0 Å². The van der Waals surface area contributed by atoms with Crippen LogP contribution in [-0.4, -0.2) is 0 Å². The van der Waals surface area contributed by atoms with Crippen molar-refractivity contribution >= 4 is 38.6 Å². The van der Waals surface area contributed by atoms with E-state index in [9.17, 15) is 0 Å². The van der Waals surface area contributed by atoms with Crippen LogP contribution in [0.1, 0.15) is 22.3 Å². The van der Waals surface area contributed by atoms with E-state index in [0.717, 1.165) is 28.2 Å². The molecule has 1 aliphatic rings. The number of fused-ring (bicyclic) bond motifs is 5. The molecule has 0 heterocycles. The first-order chi connectivity index (χ1) is 34.7. The van der Waals surface area contributed by atoms with E-state index >= 15 is 0 Å². The van der Waals surface area contributed by atoms with Gasteiger partial charge < -0.3 is 4.90 Å². The van der Waals surface area contributed by atoms with Crippen LogP contribution in [-0.2, 0) is 5.41 Å². The second-order valence-electron chi connectivity index (χ2n) is 18.4. The lowest BCUT2D eigenvalue weighted by Crippen LogP contribution is -2.28. The topological polar surface area (TPSA) is 3.24 Å². The zero-order chi connectivity index (χ0) is 46.4. The van der Waals surface area contributed by atoms with Gasteiger partial charge in [-0.1, -0.05) is 255 Å². The summed E-state index contributed by atoms with van der Waals surface area (Å²) in [5.74, 6) is 0. The van der Waals surface area contributed by atoms with Gasteiger partial charge in [-0.25, -0.2) is 0 Å².